The molecule has 1 aromatic rings. The van der Waals surface area contributed by atoms with Crippen molar-refractivity contribution in [3.63, 3.8) is 0 Å². The van der Waals surface area contributed by atoms with E-state index in [9.17, 15) is 5.11 Å². The van der Waals surface area contributed by atoms with Crippen molar-refractivity contribution in [2.24, 2.45) is 0 Å². The predicted molar refractivity (Wildman–Crippen MR) is 71.3 cm³/mol. The number of benzene rings is 1. The number of nitrogens with one attached hydrogen (secondary N) is 1. The van der Waals surface area contributed by atoms with Crippen LogP contribution in [0.25, 0.3) is 0 Å². The molecule has 0 saturated carbocycles. The van der Waals surface area contributed by atoms with E-state index in [0.717, 1.165) is 18.4 Å². The van der Waals surface area contributed by atoms with Crippen LogP contribution >= 0.6 is 11.6 Å². The van der Waals surface area contributed by atoms with Gasteiger partial charge in [-0.2, -0.15) is 0 Å². The van der Waals surface area contributed by atoms with Crippen LogP contribution in [0.4, 0.5) is 0 Å². The van der Waals surface area contributed by atoms with Crippen LogP contribution in [0.15, 0.2) is 24.3 Å². The minimum absolute atomic E-state index is 0.145. The Bertz CT molecular complexity index is 369. The van der Waals surface area contributed by atoms with Crippen molar-refractivity contribution in [1.82, 2.24) is 5.32 Å². The standard InChI is InChI=1S/C14H20ClNO/c1-2-5-10-8-9-13(16-10)14(17)11-6-3-4-7-12(11)15/h3-4,6-7,10,13-14,16-17H,2,5,8-9H2,1H3/t10-,13-,14-/m1/s1. The molecule has 3 atom stereocenters. The monoisotopic (exact) mass is 253 g/mol. The van der Waals surface area contributed by atoms with E-state index in [1.54, 1.807) is 0 Å². The van der Waals surface area contributed by atoms with Gasteiger partial charge in [-0.05, 0) is 25.3 Å². The maximum absolute atomic E-state index is 10.3. The number of rotatable bonds is 4. The maximum Gasteiger partial charge on any atom is 0.0957 e. The Morgan fingerprint density at radius 1 is 1.41 bits per heavy atom. The van der Waals surface area contributed by atoms with Gasteiger partial charge < -0.3 is 10.4 Å². The van der Waals surface area contributed by atoms with Crippen molar-refractivity contribution in [3.8, 4) is 0 Å². The number of aliphatic hydroxyl groups excluding tert-OH is 1. The molecule has 3 heteroatoms. The van der Waals surface area contributed by atoms with Gasteiger partial charge in [0.2, 0.25) is 0 Å². The van der Waals surface area contributed by atoms with Crippen LogP contribution in [0.1, 0.15) is 44.3 Å². The Morgan fingerprint density at radius 3 is 2.88 bits per heavy atom. The summed E-state index contributed by atoms with van der Waals surface area (Å²) in [6.07, 6.45) is 4.06. The molecule has 2 N–H and O–H groups in total. The first-order valence-electron chi connectivity index (χ1n) is 6.41. The predicted octanol–water partition coefficient (Wildman–Crippen LogP) is 3.29. The average Bonchev–Trinajstić information content (AvgIpc) is 2.78. The van der Waals surface area contributed by atoms with Gasteiger partial charge in [-0.15, -0.1) is 0 Å². The van der Waals surface area contributed by atoms with Crippen molar-refractivity contribution in [1.29, 1.82) is 0 Å². The van der Waals surface area contributed by atoms with Gasteiger partial charge in [-0.1, -0.05) is 43.1 Å². The summed E-state index contributed by atoms with van der Waals surface area (Å²) in [6.45, 7) is 2.19. The zero-order valence-electron chi connectivity index (χ0n) is 10.2. The van der Waals surface area contributed by atoms with Crippen molar-refractivity contribution in [3.05, 3.63) is 34.9 Å². The normalized spacial score (nSPS) is 26.1. The molecule has 1 aliphatic rings. The molecule has 0 bridgehead atoms. The molecular formula is C14H20ClNO. The smallest absolute Gasteiger partial charge is 0.0957 e. The lowest BCUT2D eigenvalue weighted by molar-refractivity contribution is 0.135. The molecule has 0 aromatic heterocycles. The van der Waals surface area contributed by atoms with E-state index >= 15 is 0 Å². The van der Waals surface area contributed by atoms with Crippen LogP contribution in [0.2, 0.25) is 5.02 Å². The number of hydrogen-bond acceptors (Lipinski definition) is 2. The number of aliphatic hydroxyl groups is 1. The molecule has 0 unspecified atom stereocenters. The second-order valence-electron chi connectivity index (χ2n) is 4.80. The number of halogens is 1. The minimum atomic E-state index is -0.495. The third-order valence-corrected chi connectivity index (χ3v) is 3.86. The van der Waals surface area contributed by atoms with E-state index in [2.05, 4.69) is 12.2 Å². The molecule has 1 aliphatic heterocycles. The molecule has 1 aromatic carbocycles. The molecule has 0 spiro atoms. The molecule has 94 valence electrons. The summed E-state index contributed by atoms with van der Waals surface area (Å²) >= 11 is 6.11. The van der Waals surface area contributed by atoms with Gasteiger partial charge in [0.1, 0.15) is 0 Å². The maximum atomic E-state index is 10.3. The Labute approximate surface area is 108 Å². The van der Waals surface area contributed by atoms with Crippen LogP contribution < -0.4 is 5.32 Å². The van der Waals surface area contributed by atoms with Gasteiger partial charge in [0, 0.05) is 22.7 Å². The van der Waals surface area contributed by atoms with Gasteiger partial charge in [0.05, 0.1) is 6.10 Å². The molecule has 1 saturated heterocycles. The first kappa shape index (κ1) is 12.9. The zero-order valence-corrected chi connectivity index (χ0v) is 11.0. The minimum Gasteiger partial charge on any atom is -0.387 e. The van der Waals surface area contributed by atoms with E-state index in [1.165, 1.54) is 12.8 Å². The fraction of sp³-hybridized carbons (Fsp3) is 0.571. The highest BCUT2D eigenvalue weighted by Gasteiger charge is 2.30. The van der Waals surface area contributed by atoms with Crippen LogP contribution in [0.5, 0.6) is 0 Å². The summed E-state index contributed by atoms with van der Waals surface area (Å²) in [6, 6.07) is 8.25. The number of hydrogen-bond donors (Lipinski definition) is 2. The molecule has 1 fully saturated rings. The summed E-state index contributed by atoms with van der Waals surface area (Å²) in [5.74, 6) is 0. The third kappa shape index (κ3) is 3.01. The van der Waals surface area contributed by atoms with Gasteiger partial charge >= 0.3 is 0 Å². The Morgan fingerprint density at radius 2 is 2.18 bits per heavy atom. The largest absolute Gasteiger partial charge is 0.387 e. The SMILES string of the molecule is CCC[C@@H]1CC[C@H]([C@H](O)c2ccccc2Cl)N1. The van der Waals surface area contributed by atoms with Gasteiger partial charge in [-0.25, -0.2) is 0 Å². The Hall–Kier alpha value is -0.570. The highest BCUT2D eigenvalue weighted by molar-refractivity contribution is 6.31. The van der Waals surface area contributed by atoms with Gasteiger partial charge in [-0.3, -0.25) is 0 Å². The van der Waals surface area contributed by atoms with Crippen LogP contribution in [-0.2, 0) is 0 Å². The first-order valence-corrected chi connectivity index (χ1v) is 6.78. The lowest BCUT2D eigenvalue weighted by atomic mass is 10.0. The fourth-order valence-electron chi connectivity index (χ4n) is 2.61. The van der Waals surface area contributed by atoms with E-state index in [-0.39, 0.29) is 6.04 Å². The molecule has 17 heavy (non-hydrogen) atoms. The van der Waals surface area contributed by atoms with Crippen LogP contribution in [0, 0.1) is 0 Å². The van der Waals surface area contributed by atoms with Crippen molar-refractivity contribution in [2.75, 3.05) is 0 Å². The topological polar surface area (TPSA) is 32.3 Å². The lowest BCUT2D eigenvalue weighted by Crippen LogP contribution is -2.34. The van der Waals surface area contributed by atoms with E-state index < -0.39 is 6.10 Å². The Balaban J connectivity index is 2.02. The second-order valence-corrected chi connectivity index (χ2v) is 5.21. The first-order chi connectivity index (χ1) is 8.22. The van der Waals surface area contributed by atoms with Crippen molar-refractivity contribution in [2.45, 2.75) is 50.8 Å². The Kier molecular flexibility index (Phi) is 4.43. The highest BCUT2D eigenvalue weighted by atomic mass is 35.5. The average molecular weight is 254 g/mol. The highest BCUT2D eigenvalue weighted by Crippen LogP contribution is 2.30. The van der Waals surface area contributed by atoms with E-state index in [4.69, 9.17) is 11.6 Å². The zero-order chi connectivity index (χ0) is 12.3. The summed E-state index contributed by atoms with van der Waals surface area (Å²) in [5.41, 5.74) is 0.837. The van der Waals surface area contributed by atoms with Crippen molar-refractivity contribution >= 4 is 11.6 Å². The van der Waals surface area contributed by atoms with Crippen molar-refractivity contribution < 1.29 is 5.11 Å². The summed E-state index contributed by atoms with van der Waals surface area (Å²) in [5, 5.41) is 14.5. The lowest BCUT2D eigenvalue weighted by Gasteiger charge is -2.21. The molecule has 0 aliphatic carbocycles. The quantitative estimate of drug-likeness (QED) is 0.863. The van der Waals surface area contributed by atoms with E-state index in [1.807, 2.05) is 24.3 Å². The molecule has 0 radical (unpaired) electrons. The molecular weight excluding hydrogens is 234 g/mol. The van der Waals surface area contributed by atoms with Gasteiger partial charge in [0.25, 0.3) is 0 Å². The van der Waals surface area contributed by atoms with E-state index in [0.29, 0.717) is 11.1 Å². The summed E-state index contributed by atoms with van der Waals surface area (Å²) in [7, 11) is 0. The fourth-order valence-corrected chi connectivity index (χ4v) is 2.85. The summed E-state index contributed by atoms with van der Waals surface area (Å²) < 4.78 is 0. The second kappa shape index (κ2) is 5.85. The molecule has 1 heterocycles. The summed E-state index contributed by atoms with van der Waals surface area (Å²) in [4.78, 5) is 0. The van der Waals surface area contributed by atoms with Crippen LogP contribution in [0.3, 0.4) is 0 Å². The third-order valence-electron chi connectivity index (χ3n) is 3.52. The van der Waals surface area contributed by atoms with Gasteiger partial charge in [0.15, 0.2) is 0 Å². The molecule has 2 nitrogen and oxygen atoms in total. The molecule has 0 amide bonds. The molecule has 2 rings (SSSR count). The van der Waals surface area contributed by atoms with Crippen LogP contribution in [-0.4, -0.2) is 17.2 Å².